The monoisotopic (exact) mass is 279 g/mol. The second kappa shape index (κ2) is 5.52. The van der Waals surface area contributed by atoms with E-state index in [1.54, 1.807) is 18.2 Å². The Morgan fingerprint density at radius 2 is 1.71 bits per heavy atom. The molecule has 0 saturated carbocycles. The molecule has 0 atom stereocenters. The Morgan fingerprint density at radius 1 is 1.00 bits per heavy atom. The van der Waals surface area contributed by atoms with Gasteiger partial charge in [-0.2, -0.15) is 0 Å². The fraction of sp³-hybridized carbons (Fsp3) is 0.222. The lowest BCUT2D eigenvalue weighted by Crippen LogP contribution is -2.25. The van der Waals surface area contributed by atoms with Crippen molar-refractivity contribution in [2.75, 3.05) is 6.54 Å². The van der Waals surface area contributed by atoms with Crippen LogP contribution in [0.5, 0.6) is 0 Å². The summed E-state index contributed by atoms with van der Waals surface area (Å²) >= 11 is 0. The smallest absolute Gasteiger partial charge is 0.251 e. The molecule has 2 aromatic carbocycles. The van der Waals surface area contributed by atoms with Crippen molar-refractivity contribution in [2.45, 2.75) is 19.8 Å². The molecule has 0 saturated heterocycles. The van der Waals surface area contributed by atoms with E-state index in [0.717, 1.165) is 24.0 Å². The molecular formula is C18H17NO2. The van der Waals surface area contributed by atoms with Crippen LogP contribution in [-0.2, 0) is 0 Å². The van der Waals surface area contributed by atoms with E-state index in [0.29, 0.717) is 23.2 Å². The van der Waals surface area contributed by atoms with Gasteiger partial charge >= 0.3 is 0 Å². The van der Waals surface area contributed by atoms with Gasteiger partial charge in [0.1, 0.15) is 0 Å². The summed E-state index contributed by atoms with van der Waals surface area (Å²) in [4.78, 5) is 24.8. The third-order valence-electron chi connectivity index (χ3n) is 3.81. The summed E-state index contributed by atoms with van der Waals surface area (Å²) in [6.45, 7) is 2.75. The minimum absolute atomic E-state index is 0.00353. The van der Waals surface area contributed by atoms with Crippen molar-refractivity contribution in [3.05, 3.63) is 59.2 Å². The number of amides is 1. The molecule has 0 heterocycles. The van der Waals surface area contributed by atoms with Crippen molar-refractivity contribution < 1.29 is 9.59 Å². The summed E-state index contributed by atoms with van der Waals surface area (Å²) in [6.07, 6.45) is 1.99. The first-order valence-corrected chi connectivity index (χ1v) is 7.29. The molecule has 21 heavy (non-hydrogen) atoms. The molecule has 1 amide bonds. The largest absolute Gasteiger partial charge is 0.352 e. The summed E-state index contributed by atoms with van der Waals surface area (Å²) in [5.41, 5.74) is 3.52. The minimum atomic E-state index is -0.107. The molecule has 1 N–H and O–H groups in total. The first-order chi connectivity index (χ1) is 10.2. The van der Waals surface area contributed by atoms with E-state index in [-0.39, 0.29) is 11.7 Å². The van der Waals surface area contributed by atoms with Crippen LogP contribution < -0.4 is 5.32 Å². The fourth-order valence-electron chi connectivity index (χ4n) is 2.74. The molecule has 0 spiro atoms. The summed E-state index contributed by atoms with van der Waals surface area (Å²) < 4.78 is 0. The lowest BCUT2D eigenvalue weighted by molar-refractivity contribution is 0.0953. The van der Waals surface area contributed by atoms with Gasteiger partial charge < -0.3 is 5.32 Å². The zero-order valence-corrected chi connectivity index (χ0v) is 12.0. The molecule has 0 unspecified atom stereocenters. The average Bonchev–Trinajstić information content (AvgIpc) is 2.81. The van der Waals surface area contributed by atoms with Gasteiger partial charge in [0, 0.05) is 28.8 Å². The zero-order valence-electron chi connectivity index (χ0n) is 12.0. The predicted molar refractivity (Wildman–Crippen MR) is 82.6 cm³/mol. The lowest BCUT2D eigenvalue weighted by atomic mass is 9.99. The SMILES string of the molecule is CCCCNC(=O)c1cccc2c1-c1ccccc1C2=O. The van der Waals surface area contributed by atoms with Crippen molar-refractivity contribution in [1.82, 2.24) is 5.32 Å². The van der Waals surface area contributed by atoms with E-state index >= 15 is 0 Å². The predicted octanol–water partition coefficient (Wildman–Crippen LogP) is 3.43. The molecule has 1 aliphatic rings. The Kier molecular flexibility index (Phi) is 3.57. The first-order valence-electron chi connectivity index (χ1n) is 7.29. The van der Waals surface area contributed by atoms with Gasteiger partial charge in [0.05, 0.1) is 0 Å². The number of benzene rings is 2. The van der Waals surface area contributed by atoms with Gasteiger partial charge in [0.2, 0.25) is 0 Å². The van der Waals surface area contributed by atoms with Crippen LogP contribution in [-0.4, -0.2) is 18.2 Å². The average molecular weight is 279 g/mol. The third kappa shape index (κ3) is 2.25. The van der Waals surface area contributed by atoms with Gasteiger partial charge in [-0.3, -0.25) is 9.59 Å². The molecule has 3 nitrogen and oxygen atoms in total. The Labute approximate surface area is 124 Å². The Bertz CT molecular complexity index is 719. The normalized spacial score (nSPS) is 12.0. The van der Waals surface area contributed by atoms with Crippen molar-refractivity contribution in [2.24, 2.45) is 0 Å². The maximum Gasteiger partial charge on any atom is 0.251 e. The van der Waals surface area contributed by atoms with Crippen LogP contribution >= 0.6 is 0 Å². The maximum atomic E-state index is 12.4. The minimum Gasteiger partial charge on any atom is -0.352 e. The van der Waals surface area contributed by atoms with Crippen LogP contribution in [0.25, 0.3) is 11.1 Å². The molecule has 0 aliphatic heterocycles. The lowest BCUT2D eigenvalue weighted by Gasteiger charge is -2.09. The maximum absolute atomic E-state index is 12.4. The summed E-state index contributed by atoms with van der Waals surface area (Å²) in [7, 11) is 0. The summed E-state index contributed by atoms with van der Waals surface area (Å²) in [5.74, 6) is -0.103. The van der Waals surface area contributed by atoms with Gasteiger partial charge in [-0.05, 0) is 18.1 Å². The van der Waals surface area contributed by atoms with E-state index in [2.05, 4.69) is 12.2 Å². The van der Waals surface area contributed by atoms with Crippen molar-refractivity contribution >= 4 is 11.7 Å². The van der Waals surface area contributed by atoms with Crippen molar-refractivity contribution in [1.29, 1.82) is 0 Å². The van der Waals surface area contributed by atoms with E-state index in [1.165, 1.54) is 0 Å². The van der Waals surface area contributed by atoms with E-state index in [1.807, 2.05) is 24.3 Å². The number of carbonyl (C=O) groups excluding carboxylic acids is 2. The molecule has 3 heteroatoms. The van der Waals surface area contributed by atoms with E-state index < -0.39 is 0 Å². The molecular weight excluding hydrogens is 262 g/mol. The highest BCUT2D eigenvalue weighted by molar-refractivity contribution is 6.24. The van der Waals surface area contributed by atoms with Gasteiger partial charge in [-0.15, -0.1) is 0 Å². The molecule has 0 radical (unpaired) electrons. The number of rotatable bonds is 4. The topological polar surface area (TPSA) is 46.2 Å². The Hall–Kier alpha value is -2.42. The van der Waals surface area contributed by atoms with Gasteiger partial charge in [0.25, 0.3) is 5.91 Å². The highest BCUT2D eigenvalue weighted by atomic mass is 16.1. The van der Waals surface area contributed by atoms with Crippen LogP contribution in [0.3, 0.4) is 0 Å². The second-order valence-corrected chi connectivity index (χ2v) is 5.21. The third-order valence-corrected chi connectivity index (χ3v) is 3.81. The molecule has 0 fully saturated rings. The molecule has 1 aliphatic carbocycles. The molecule has 0 bridgehead atoms. The number of ketones is 1. The number of carbonyl (C=O) groups is 2. The molecule has 0 aromatic heterocycles. The summed E-state index contributed by atoms with van der Waals surface area (Å²) in [5, 5.41) is 2.92. The second-order valence-electron chi connectivity index (χ2n) is 5.21. The van der Waals surface area contributed by atoms with Gasteiger partial charge in [-0.25, -0.2) is 0 Å². The molecule has 3 rings (SSSR count). The Balaban J connectivity index is 2.04. The van der Waals surface area contributed by atoms with Crippen LogP contribution in [0, 0.1) is 0 Å². The number of nitrogens with one attached hydrogen (secondary N) is 1. The van der Waals surface area contributed by atoms with Gasteiger partial charge in [0.15, 0.2) is 5.78 Å². The first kappa shape index (κ1) is 13.6. The number of unbranched alkanes of at least 4 members (excludes halogenated alkanes) is 1. The van der Waals surface area contributed by atoms with Crippen LogP contribution in [0.4, 0.5) is 0 Å². The van der Waals surface area contributed by atoms with Crippen molar-refractivity contribution in [3.8, 4) is 11.1 Å². The standard InChI is InChI=1S/C18H17NO2/c1-2-3-11-19-18(21)15-10-6-9-14-16(15)12-7-4-5-8-13(12)17(14)20/h4-10H,2-3,11H2,1H3,(H,19,21). The number of hydrogen-bond donors (Lipinski definition) is 1. The molecule has 106 valence electrons. The quantitative estimate of drug-likeness (QED) is 0.744. The summed E-state index contributed by atoms with van der Waals surface area (Å²) in [6, 6.07) is 12.8. The number of fused-ring (bicyclic) bond motifs is 3. The van der Waals surface area contributed by atoms with E-state index in [9.17, 15) is 9.59 Å². The zero-order chi connectivity index (χ0) is 14.8. The fourth-order valence-corrected chi connectivity index (χ4v) is 2.74. The van der Waals surface area contributed by atoms with Crippen LogP contribution in [0.15, 0.2) is 42.5 Å². The molecule has 2 aromatic rings. The highest BCUT2D eigenvalue weighted by Gasteiger charge is 2.29. The van der Waals surface area contributed by atoms with Crippen LogP contribution in [0.1, 0.15) is 46.0 Å². The highest BCUT2D eigenvalue weighted by Crippen LogP contribution is 2.38. The number of hydrogen-bond acceptors (Lipinski definition) is 2. The Morgan fingerprint density at radius 3 is 2.48 bits per heavy atom. The van der Waals surface area contributed by atoms with Crippen LogP contribution in [0.2, 0.25) is 0 Å². The van der Waals surface area contributed by atoms with Gasteiger partial charge in [-0.1, -0.05) is 49.7 Å². The van der Waals surface area contributed by atoms with E-state index in [4.69, 9.17) is 0 Å². The van der Waals surface area contributed by atoms with Crippen molar-refractivity contribution in [3.63, 3.8) is 0 Å².